The number of carbonyl (C=O) groups is 1. The van der Waals surface area contributed by atoms with E-state index in [9.17, 15) is 9.18 Å². The molecular formula is C8H6ClFN2O. The summed E-state index contributed by atoms with van der Waals surface area (Å²) in [5, 5.41) is 0.297. The van der Waals surface area contributed by atoms with E-state index in [1.165, 1.54) is 18.3 Å². The third kappa shape index (κ3) is 2.83. The molecule has 0 aliphatic carbocycles. The van der Waals surface area contributed by atoms with Gasteiger partial charge in [0, 0.05) is 17.8 Å². The first-order valence-electron chi connectivity index (χ1n) is 3.38. The van der Waals surface area contributed by atoms with Gasteiger partial charge in [-0.05, 0) is 12.1 Å². The zero-order valence-electron chi connectivity index (χ0n) is 6.50. The van der Waals surface area contributed by atoms with Crippen LogP contribution in [0.25, 0.3) is 6.08 Å². The molecule has 1 rings (SSSR count). The smallest absolute Gasteiger partial charge is 0.241 e. The minimum Gasteiger partial charge on any atom is -0.366 e. The van der Waals surface area contributed by atoms with E-state index in [1.54, 1.807) is 0 Å². The van der Waals surface area contributed by atoms with Crippen LogP contribution < -0.4 is 5.73 Å². The zero-order chi connectivity index (χ0) is 9.84. The Labute approximate surface area is 79.0 Å². The Morgan fingerprint density at radius 1 is 1.69 bits per heavy atom. The normalized spacial score (nSPS) is 10.6. The Hall–Kier alpha value is -1.42. The third-order valence-corrected chi connectivity index (χ3v) is 1.47. The Kier molecular flexibility index (Phi) is 2.97. The number of amides is 1. The van der Waals surface area contributed by atoms with Gasteiger partial charge in [-0.25, -0.2) is 4.98 Å². The van der Waals surface area contributed by atoms with E-state index in [1.807, 2.05) is 0 Å². The average Bonchev–Trinajstić information content (AvgIpc) is 2.06. The van der Waals surface area contributed by atoms with Crippen molar-refractivity contribution in [2.75, 3.05) is 0 Å². The molecule has 0 saturated carbocycles. The zero-order valence-corrected chi connectivity index (χ0v) is 7.25. The van der Waals surface area contributed by atoms with Crippen molar-refractivity contribution in [1.29, 1.82) is 0 Å². The fourth-order valence-electron chi connectivity index (χ4n) is 0.727. The molecule has 0 unspecified atom stereocenters. The van der Waals surface area contributed by atoms with Crippen molar-refractivity contribution in [3.05, 3.63) is 34.9 Å². The molecule has 3 nitrogen and oxygen atoms in total. The second-order valence-electron chi connectivity index (χ2n) is 2.27. The molecular weight excluding hydrogens is 195 g/mol. The summed E-state index contributed by atoms with van der Waals surface area (Å²) in [5.41, 5.74) is 4.96. The summed E-state index contributed by atoms with van der Waals surface area (Å²) in [5.74, 6) is -1.35. The maximum atomic E-state index is 12.8. The predicted molar refractivity (Wildman–Crippen MR) is 47.4 cm³/mol. The molecule has 0 bridgehead atoms. The van der Waals surface area contributed by atoms with Crippen molar-refractivity contribution < 1.29 is 9.18 Å². The van der Waals surface area contributed by atoms with Crippen LogP contribution in [0, 0.1) is 5.95 Å². The monoisotopic (exact) mass is 200 g/mol. The van der Waals surface area contributed by atoms with Crippen molar-refractivity contribution in [2.24, 2.45) is 5.73 Å². The molecule has 1 heterocycles. The lowest BCUT2D eigenvalue weighted by Crippen LogP contribution is -2.05. The molecule has 0 aliphatic heterocycles. The number of nitrogens with two attached hydrogens (primary N) is 1. The van der Waals surface area contributed by atoms with Gasteiger partial charge in [-0.1, -0.05) is 11.6 Å². The van der Waals surface area contributed by atoms with Gasteiger partial charge in [-0.3, -0.25) is 4.79 Å². The molecule has 0 aromatic carbocycles. The van der Waals surface area contributed by atoms with Crippen LogP contribution in [0.1, 0.15) is 5.56 Å². The van der Waals surface area contributed by atoms with Gasteiger partial charge in [0.25, 0.3) is 0 Å². The molecule has 0 fully saturated rings. The topological polar surface area (TPSA) is 56.0 Å². The van der Waals surface area contributed by atoms with Crippen molar-refractivity contribution in [3.8, 4) is 0 Å². The van der Waals surface area contributed by atoms with Crippen molar-refractivity contribution in [2.45, 2.75) is 0 Å². The largest absolute Gasteiger partial charge is 0.366 e. The first-order valence-corrected chi connectivity index (χ1v) is 3.76. The van der Waals surface area contributed by atoms with Crippen molar-refractivity contribution in [3.63, 3.8) is 0 Å². The lowest BCUT2D eigenvalue weighted by atomic mass is 10.2. The van der Waals surface area contributed by atoms with Gasteiger partial charge in [0.05, 0.1) is 5.02 Å². The van der Waals surface area contributed by atoms with Crippen molar-refractivity contribution in [1.82, 2.24) is 4.98 Å². The SMILES string of the molecule is NC(=O)C=Cc1cc(Cl)cnc1F. The molecule has 13 heavy (non-hydrogen) atoms. The van der Waals surface area contributed by atoms with Crippen LogP contribution in [0.2, 0.25) is 5.02 Å². The highest BCUT2D eigenvalue weighted by Crippen LogP contribution is 2.13. The second-order valence-corrected chi connectivity index (χ2v) is 2.71. The first kappa shape index (κ1) is 9.67. The third-order valence-electron chi connectivity index (χ3n) is 1.26. The fraction of sp³-hybridized carbons (Fsp3) is 0. The lowest BCUT2D eigenvalue weighted by molar-refractivity contribution is -0.113. The summed E-state index contributed by atoms with van der Waals surface area (Å²) in [6.45, 7) is 0. The number of nitrogens with zero attached hydrogens (tertiary/aromatic N) is 1. The molecule has 1 aromatic heterocycles. The van der Waals surface area contributed by atoms with Gasteiger partial charge >= 0.3 is 0 Å². The van der Waals surface area contributed by atoms with Gasteiger partial charge < -0.3 is 5.73 Å². The Bertz CT molecular complexity index is 365. The minimum atomic E-state index is -0.693. The summed E-state index contributed by atoms with van der Waals surface area (Å²) in [6.07, 6.45) is 3.44. The number of pyridine rings is 1. The molecule has 68 valence electrons. The van der Waals surface area contributed by atoms with E-state index in [2.05, 4.69) is 4.98 Å². The quantitative estimate of drug-likeness (QED) is 0.579. The standard InChI is InChI=1S/C8H6ClFN2O/c9-6-3-5(1-2-7(11)13)8(10)12-4-6/h1-4H,(H2,11,13). The summed E-state index contributed by atoms with van der Waals surface area (Å²) < 4.78 is 12.8. The molecule has 1 aromatic rings. The molecule has 0 atom stereocenters. The second kappa shape index (κ2) is 4.00. The summed E-state index contributed by atoms with van der Waals surface area (Å²) in [4.78, 5) is 13.7. The number of aromatic nitrogens is 1. The minimum absolute atomic E-state index is 0.131. The number of halogens is 2. The number of hydrogen-bond donors (Lipinski definition) is 1. The Morgan fingerprint density at radius 3 is 3.00 bits per heavy atom. The van der Waals surface area contributed by atoms with Crippen LogP contribution in [-0.4, -0.2) is 10.9 Å². The van der Waals surface area contributed by atoms with E-state index in [4.69, 9.17) is 17.3 Å². The summed E-state index contributed by atoms with van der Waals surface area (Å²) >= 11 is 5.55. The van der Waals surface area contributed by atoms with Crippen LogP contribution in [-0.2, 0) is 4.79 Å². The number of carbonyl (C=O) groups excluding carboxylic acids is 1. The maximum Gasteiger partial charge on any atom is 0.241 e. The van der Waals surface area contributed by atoms with E-state index in [-0.39, 0.29) is 5.56 Å². The van der Waals surface area contributed by atoms with Crippen LogP contribution >= 0.6 is 11.6 Å². The highest BCUT2D eigenvalue weighted by atomic mass is 35.5. The Balaban J connectivity index is 3.00. The molecule has 0 aliphatic rings. The van der Waals surface area contributed by atoms with Crippen LogP contribution in [0.5, 0.6) is 0 Å². The van der Waals surface area contributed by atoms with Gasteiger partial charge in [0.2, 0.25) is 11.9 Å². The van der Waals surface area contributed by atoms with Crippen LogP contribution in [0.15, 0.2) is 18.3 Å². The van der Waals surface area contributed by atoms with Crippen molar-refractivity contribution >= 4 is 23.6 Å². The first-order chi connectivity index (χ1) is 6.09. The van der Waals surface area contributed by atoms with Gasteiger partial charge in [-0.2, -0.15) is 4.39 Å². The fourth-order valence-corrected chi connectivity index (χ4v) is 0.893. The molecule has 0 saturated heterocycles. The van der Waals surface area contributed by atoms with Crippen LogP contribution in [0.4, 0.5) is 4.39 Å². The molecule has 0 radical (unpaired) electrons. The van der Waals surface area contributed by atoms with E-state index < -0.39 is 11.9 Å². The molecule has 5 heteroatoms. The molecule has 1 amide bonds. The highest BCUT2D eigenvalue weighted by molar-refractivity contribution is 6.30. The lowest BCUT2D eigenvalue weighted by Gasteiger charge is -1.95. The molecule has 2 N–H and O–H groups in total. The number of hydrogen-bond acceptors (Lipinski definition) is 2. The van der Waals surface area contributed by atoms with Gasteiger partial charge in [0.1, 0.15) is 0 Å². The van der Waals surface area contributed by atoms with Gasteiger partial charge in [0.15, 0.2) is 0 Å². The predicted octanol–water partition coefficient (Wildman–Crippen LogP) is 1.37. The summed E-state index contributed by atoms with van der Waals surface area (Å²) in [6, 6.07) is 1.35. The number of rotatable bonds is 2. The summed E-state index contributed by atoms with van der Waals surface area (Å²) in [7, 11) is 0. The average molecular weight is 201 g/mol. The molecule has 0 spiro atoms. The number of primary amides is 1. The maximum absolute atomic E-state index is 12.8. The van der Waals surface area contributed by atoms with E-state index >= 15 is 0 Å². The van der Waals surface area contributed by atoms with Crippen LogP contribution in [0.3, 0.4) is 0 Å². The van der Waals surface area contributed by atoms with Gasteiger partial charge in [-0.15, -0.1) is 0 Å². The van der Waals surface area contributed by atoms with E-state index in [0.717, 1.165) is 6.08 Å². The Morgan fingerprint density at radius 2 is 2.38 bits per heavy atom. The highest BCUT2D eigenvalue weighted by Gasteiger charge is 2.00. The van der Waals surface area contributed by atoms with E-state index in [0.29, 0.717) is 5.02 Å².